The van der Waals surface area contributed by atoms with Gasteiger partial charge in [-0.15, -0.1) is 0 Å². The number of sulfonamides is 1. The minimum atomic E-state index is -3.62. The summed E-state index contributed by atoms with van der Waals surface area (Å²) in [6.07, 6.45) is 1.36. The third-order valence-electron chi connectivity index (χ3n) is 4.76. The van der Waals surface area contributed by atoms with E-state index in [0.717, 1.165) is 5.56 Å². The number of benzene rings is 1. The van der Waals surface area contributed by atoms with Gasteiger partial charge in [-0.25, -0.2) is 8.42 Å². The third kappa shape index (κ3) is 4.40. The van der Waals surface area contributed by atoms with Crippen molar-refractivity contribution in [1.82, 2.24) is 14.6 Å². The maximum Gasteiger partial charge on any atom is 0.267 e. The van der Waals surface area contributed by atoms with E-state index in [-0.39, 0.29) is 21.9 Å². The van der Waals surface area contributed by atoms with Crippen LogP contribution in [0.2, 0.25) is 0 Å². The molecule has 8 heteroatoms. The Bertz CT molecular complexity index is 885. The SMILES string of the molecule is CC(C)(CNC(=O)c1cc(S(=O)(=O)N2CCOCC2)c[nH]1)c1ccccc1. The Labute approximate surface area is 159 Å². The first-order valence-corrected chi connectivity index (χ1v) is 10.3. The van der Waals surface area contributed by atoms with Gasteiger partial charge in [-0.05, 0) is 11.6 Å². The second-order valence-electron chi connectivity index (χ2n) is 7.20. The van der Waals surface area contributed by atoms with E-state index >= 15 is 0 Å². The first kappa shape index (κ1) is 19.6. The molecule has 1 saturated heterocycles. The lowest BCUT2D eigenvalue weighted by molar-refractivity contribution is 0.0730. The summed E-state index contributed by atoms with van der Waals surface area (Å²) in [5.74, 6) is -0.331. The number of hydrogen-bond acceptors (Lipinski definition) is 4. The fraction of sp³-hybridized carbons (Fsp3) is 0.421. The molecule has 1 fully saturated rings. The van der Waals surface area contributed by atoms with E-state index in [2.05, 4.69) is 10.3 Å². The molecule has 0 aliphatic carbocycles. The van der Waals surface area contributed by atoms with E-state index in [0.29, 0.717) is 32.8 Å². The van der Waals surface area contributed by atoms with Crippen molar-refractivity contribution in [1.29, 1.82) is 0 Å². The van der Waals surface area contributed by atoms with E-state index in [1.54, 1.807) is 0 Å². The second kappa shape index (κ2) is 7.84. The lowest BCUT2D eigenvalue weighted by Crippen LogP contribution is -2.40. The number of ether oxygens (including phenoxy) is 1. The van der Waals surface area contributed by atoms with Gasteiger partial charge in [0.2, 0.25) is 10.0 Å². The Balaban J connectivity index is 1.66. The standard InChI is InChI=1S/C19H25N3O4S/c1-19(2,15-6-4-3-5-7-15)14-21-18(23)17-12-16(13-20-17)27(24,25)22-8-10-26-11-9-22/h3-7,12-13,20H,8-11,14H2,1-2H3,(H,21,23). The molecule has 1 aromatic heterocycles. The Morgan fingerprint density at radius 3 is 2.56 bits per heavy atom. The molecule has 146 valence electrons. The predicted octanol–water partition coefficient (Wildman–Crippen LogP) is 1.74. The highest BCUT2D eigenvalue weighted by Gasteiger charge is 2.28. The fourth-order valence-electron chi connectivity index (χ4n) is 2.98. The Morgan fingerprint density at radius 2 is 1.89 bits per heavy atom. The van der Waals surface area contributed by atoms with Crippen LogP contribution in [0.15, 0.2) is 47.5 Å². The summed E-state index contributed by atoms with van der Waals surface area (Å²) in [4.78, 5) is 15.3. The summed E-state index contributed by atoms with van der Waals surface area (Å²) in [7, 11) is -3.62. The van der Waals surface area contributed by atoms with Gasteiger partial charge < -0.3 is 15.0 Å². The van der Waals surface area contributed by atoms with Crippen molar-refractivity contribution in [2.75, 3.05) is 32.8 Å². The van der Waals surface area contributed by atoms with Crippen molar-refractivity contribution < 1.29 is 17.9 Å². The number of nitrogens with one attached hydrogen (secondary N) is 2. The van der Waals surface area contributed by atoms with Crippen LogP contribution in [0.1, 0.15) is 29.9 Å². The molecule has 1 aliphatic rings. The molecule has 0 unspecified atom stereocenters. The number of rotatable bonds is 6. The van der Waals surface area contributed by atoms with Gasteiger partial charge in [0.15, 0.2) is 0 Å². The van der Waals surface area contributed by atoms with Gasteiger partial charge in [-0.2, -0.15) is 4.31 Å². The van der Waals surface area contributed by atoms with E-state index in [4.69, 9.17) is 4.74 Å². The molecule has 27 heavy (non-hydrogen) atoms. The summed E-state index contributed by atoms with van der Waals surface area (Å²) >= 11 is 0. The summed E-state index contributed by atoms with van der Waals surface area (Å²) < 4.78 is 31.9. The van der Waals surface area contributed by atoms with Crippen molar-refractivity contribution in [2.24, 2.45) is 0 Å². The topological polar surface area (TPSA) is 91.5 Å². The molecule has 1 amide bonds. The maximum absolute atomic E-state index is 12.6. The first-order valence-electron chi connectivity index (χ1n) is 8.91. The number of aromatic amines is 1. The van der Waals surface area contributed by atoms with Crippen LogP contribution < -0.4 is 5.32 Å². The zero-order valence-corrected chi connectivity index (χ0v) is 16.4. The van der Waals surface area contributed by atoms with Crippen LogP contribution in [0.3, 0.4) is 0 Å². The zero-order valence-electron chi connectivity index (χ0n) is 15.6. The molecule has 7 nitrogen and oxygen atoms in total. The Kier molecular flexibility index (Phi) is 5.69. The molecule has 2 heterocycles. The fourth-order valence-corrected chi connectivity index (χ4v) is 4.38. The molecule has 0 atom stereocenters. The monoisotopic (exact) mass is 391 g/mol. The summed E-state index contributed by atoms with van der Waals surface area (Å²) in [6.45, 7) is 5.93. The molecule has 0 bridgehead atoms. The first-order chi connectivity index (χ1) is 12.8. The molecule has 0 radical (unpaired) electrons. The van der Waals surface area contributed by atoms with Gasteiger partial charge in [0, 0.05) is 31.2 Å². The number of hydrogen-bond donors (Lipinski definition) is 2. The number of H-pyrrole nitrogens is 1. The van der Waals surface area contributed by atoms with Crippen LogP contribution >= 0.6 is 0 Å². The minimum absolute atomic E-state index is 0.0943. The Morgan fingerprint density at radius 1 is 1.22 bits per heavy atom. The average molecular weight is 391 g/mol. The summed E-state index contributed by atoms with van der Waals surface area (Å²) in [5, 5.41) is 2.88. The normalized spacial score (nSPS) is 16.2. The molecular weight excluding hydrogens is 366 g/mol. The van der Waals surface area contributed by atoms with Crippen molar-refractivity contribution in [2.45, 2.75) is 24.2 Å². The molecular formula is C19H25N3O4S. The predicted molar refractivity (Wildman–Crippen MR) is 102 cm³/mol. The highest BCUT2D eigenvalue weighted by Crippen LogP contribution is 2.22. The van der Waals surface area contributed by atoms with Crippen LogP contribution in [0.4, 0.5) is 0 Å². The van der Waals surface area contributed by atoms with Crippen molar-refractivity contribution in [3.63, 3.8) is 0 Å². The van der Waals surface area contributed by atoms with Crippen molar-refractivity contribution in [3.8, 4) is 0 Å². The van der Waals surface area contributed by atoms with Gasteiger partial charge in [-0.3, -0.25) is 4.79 Å². The second-order valence-corrected chi connectivity index (χ2v) is 9.14. The number of morpholine rings is 1. The number of aromatic nitrogens is 1. The van der Waals surface area contributed by atoms with Crippen molar-refractivity contribution >= 4 is 15.9 Å². The van der Waals surface area contributed by atoms with Crippen LogP contribution in [-0.2, 0) is 20.2 Å². The number of carbonyl (C=O) groups is 1. The van der Waals surface area contributed by atoms with Crippen LogP contribution in [0.25, 0.3) is 0 Å². The average Bonchev–Trinajstić information content (AvgIpc) is 3.19. The molecule has 2 N–H and O–H groups in total. The number of carbonyl (C=O) groups excluding carboxylic acids is 1. The highest BCUT2D eigenvalue weighted by atomic mass is 32.2. The van der Waals surface area contributed by atoms with Crippen LogP contribution in [0.5, 0.6) is 0 Å². The molecule has 1 aromatic carbocycles. The molecule has 0 saturated carbocycles. The lowest BCUT2D eigenvalue weighted by Gasteiger charge is -2.25. The van der Waals surface area contributed by atoms with Gasteiger partial charge in [0.1, 0.15) is 10.6 Å². The van der Waals surface area contributed by atoms with Crippen LogP contribution in [-0.4, -0.2) is 56.5 Å². The van der Waals surface area contributed by atoms with E-state index in [1.165, 1.54) is 16.6 Å². The quantitative estimate of drug-likeness (QED) is 0.785. The van der Waals surface area contributed by atoms with E-state index in [1.807, 2.05) is 44.2 Å². The maximum atomic E-state index is 12.6. The largest absolute Gasteiger partial charge is 0.379 e. The lowest BCUT2D eigenvalue weighted by atomic mass is 9.84. The highest BCUT2D eigenvalue weighted by molar-refractivity contribution is 7.89. The van der Waals surface area contributed by atoms with E-state index in [9.17, 15) is 13.2 Å². The molecule has 2 aromatic rings. The minimum Gasteiger partial charge on any atom is -0.379 e. The van der Waals surface area contributed by atoms with Gasteiger partial charge in [-0.1, -0.05) is 44.2 Å². The molecule has 1 aliphatic heterocycles. The van der Waals surface area contributed by atoms with Crippen molar-refractivity contribution in [3.05, 3.63) is 53.9 Å². The number of nitrogens with zero attached hydrogens (tertiary/aromatic N) is 1. The van der Waals surface area contributed by atoms with E-state index < -0.39 is 10.0 Å². The number of amides is 1. The summed E-state index contributed by atoms with van der Waals surface area (Å²) in [5.41, 5.74) is 1.10. The summed E-state index contributed by atoms with van der Waals surface area (Å²) in [6, 6.07) is 11.3. The zero-order chi connectivity index (χ0) is 19.5. The molecule has 0 spiro atoms. The van der Waals surface area contributed by atoms with Crippen LogP contribution in [0, 0.1) is 0 Å². The van der Waals surface area contributed by atoms with Gasteiger partial charge in [0.05, 0.1) is 13.2 Å². The van der Waals surface area contributed by atoms with Gasteiger partial charge >= 0.3 is 0 Å². The third-order valence-corrected chi connectivity index (χ3v) is 6.63. The molecule has 3 rings (SSSR count). The van der Waals surface area contributed by atoms with Gasteiger partial charge in [0.25, 0.3) is 5.91 Å². The smallest absolute Gasteiger partial charge is 0.267 e. The Hall–Kier alpha value is -2.16.